The number of esters is 1. The van der Waals surface area contributed by atoms with E-state index >= 15 is 0 Å². The van der Waals surface area contributed by atoms with E-state index in [1.807, 2.05) is 44.2 Å². The second kappa shape index (κ2) is 11.6. The normalized spacial score (nSPS) is 18.6. The Morgan fingerprint density at radius 1 is 1.03 bits per heavy atom. The van der Waals surface area contributed by atoms with Crippen molar-refractivity contribution in [2.45, 2.75) is 39.2 Å². The van der Waals surface area contributed by atoms with E-state index < -0.39 is 0 Å². The largest absolute Gasteiger partial charge is 0.497 e. The maximum atomic E-state index is 13.6. The Morgan fingerprint density at radius 2 is 1.75 bits per heavy atom. The van der Waals surface area contributed by atoms with Crippen molar-refractivity contribution in [3.8, 4) is 11.5 Å². The molecule has 4 rings (SSSR count). The molecule has 2 aromatic rings. The van der Waals surface area contributed by atoms with Gasteiger partial charge in [-0.05, 0) is 57.5 Å². The highest BCUT2D eigenvalue weighted by atomic mass is 16.5. The lowest BCUT2D eigenvalue weighted by molar-refractivity contribution is -0.149. The van der Waals surface area contributed by atoms with Crippen molar-refractivity contribution in [1.29, 1.82) is 0 Å². The number of aryl methyl sites for hydroxylation is 1. The van der Waals surface area contributed by atoms with Crippen LogP contribution in [0.2, 0.25) is 0 Å². The van der Waals surface area contributed by atoms with Gasteiger partial charge in [0.05, 0.1) is 45.0 Å². The van der Waals surface area contributed by atoms with E-state index in [1.54, 1.807) is 19.2 Å². The lowest BCUT2D eigenvalue weighted by atomic mass is 9.96. The first-order valence-electron chi connectivity index (χ1n) is 12.5. The molecule has 0 spiro atoms. The van der Waals surface area contributed by atoms with E-state index in [-0.39, 0.29) is 30.4 Å². The number of amides is 1. The summed E-state index contributed by atoms with van der Waals surface area (Å²) in [5.41, 5.74) is 3.93. The van der Waals surface area contributed by atoms with Gasteiger partial charge in [-0.2, -0.15) is 5.10 Å². The van der Waals surface area contributed by atoms with Gasteiger partial charge in [0.25, 0.3) is 5.91 Å². The molecular formula is C28H35N3O5. The summed E-state index contributed by atoms with van der Waals surface area (Å²) in [4.78, 5) is 27.8. The van der Waals surface area contributed by atoms with Crippen LogP contribution in [-0.4, -0.2) is 68.0 Å². The SMILES string of the molecule is CCOC(=O)C1CCN(CC(=O)N2N=C(c3ccc(C)cc3)C[C@H]2c2ccc(OC)cc2OC)CC1. The Hall–Kier alpha value is -3.39. The predicted molar refractivity (Wildman–Crippen MR) is 137 cm³/mol. The van der Waals surface area contributed by atoms with Crippen molar-refractivity contribution in [3.05, 3.63) is 59.2 Å². The molecule has 0 aliphatic carbocycles. The van der Waals surface area contributed by atoms with Crippen molar-refractivity contribution in [3.63, 3.8) is 0 Å². The lowest BCUT2D eigenvalue weighted by Gasteiger charge is -2.32. The van der Waals surface area contributed by atoms with E-state index in [2.05, 4.69) is 17.0 Å². The second-order valence-corrected chi connectivity index (χ2v) is 9.28. The van der Waals surface area contributed by atoms with E-state index in [0.29, 0.717) is 50.5 Å². The topological polar surface area (TPSA) is 80.7 Å². The van der Waals surface area contributed by atoms with Crippen LogP contribution in [0.3, 0.4) is 0 Å². The Kier molecular flexibility index (Phi) is 8.25. The van der Waals surface area contributed by atoms with Crippen molar-refractivity contribution < 1.29 is 23.8 Å². The van der Waals surface area contributed by atoms with Gasteiger partial charge in [0.1, 0.15) is 11.5 Å². The van der Waals surface area contributed by atoms with E-state index in [0.717, 1.165) is 16.8 Å². The van der Waals surface area contributed by atoms with Crippen LogP contribution in [0.15, 0.2) is 47.6 Å². The van der Waals surface area contributed by atoms with Crippen molar-refractivity contribution >= 4 is 17.6 Å². The fourth-order valence-corrected chi connectivity index (χ4v) is 4.85. The van der Waals surface area contributed by atoms with Gasteiger partial charge in [-0.3, -0.25) is 14.5 Å². The highest BCUT2D eigenvalue weighted by Crippen LogP contribution is 2.39. The molecule has 0 unspecified atom stereocenters. The number of piperidine rings is 1. The number of carbonyl (C=O) groups is 2. The van der Waals surface area contributed by atoms with Gasteiger partial charge < -0.3 is 14.2 Å². The highest BCUT2D eigenvalue weighted by molar-refractivity contribution is 6.03. The van der Waals surface area contributed by atoms with Crippen LogP contribution < -0.4 is 9.47 Å². The summed E-state index contributed by atoms with van der Waals surface area (Å²) in [5, 5.41) is 6.42. The smallest absolute Gasteiger partial charge is 0.309 e. The first kappa shape index (κ1) is 25.7. The summed E-state index contributed by atoms with van der Waals surface area (Å²) in [5.74, 6) is 1.05. The lowest BCUT2D eigenvalue weighted by Crippen LogP contribution is -2.43. The minimum absolute atomic E-state index is 0.0745. The number of hydrazone groups is 1. The highest BCUT2D eigenvalue weighted by Gasteiger charge is 2.36. The molecule has 1 amide bonds. The molecule has 2 aliphatic heterocycles. The minimum Gasteiger partial charge on any atom is -0.497 e. The monoisotopic (exact) mass is 493 g/mol. The fourth-order valence-electron chi connectivity index (χ4n) is 4.85. The Bertz CT molecular complexity index is 1110. The van der Waals surface area contributed by atoms with Gasteiger partial charge in [-0.1, -0.05) is 29.8 Å². The summed E-state index contributed by atoms with van der Waals surface area (Å²) in [6, 6.07) is 13.6. The molecular weight excluding hydrogens is 458 g/mol. The minimum atomic E-state index is -0.285. The van der Waals surface area contributed by atoms with Crippen molar-refractivity contribution in [1.82, 2.24) is 9.91 Å². The van der Waals surface area contributed by atoms with E-state index in [1.165, 1.54) is 5.56 Å². The second-order valence-electron chi connectivity index (χ2n) is 9.28. The number of hydrogen-bond acceptors (Lipinski definition) is 7. The number of carbonyl (C=O) groups excluding carboxylic acids is 2. The van der Waals surface area contributed by atoms with Crippen LogP contribution in [0.1, 0.15) is 48.9 Å². The Labute approximate surface area is 212 Å². The predicted octanol–water partition coefficient (Wildman–Crippen LogP) is 3.97. The summed E-state index contributed by atoms with van der Waals surface area (Å²) < 4.78 is 16.2. The Balaban J connectivity index is 1.54. The molecule has 1 atom stereocenters. The molecule has 0 bridgehead atoms. The number of nitrogens with zero attached hydrogens (tertiary/aromatic N) is 3. The third kappa shape index (κ3) is 5.70. The van der Waals surface area contributed by atoms with Crippen LogP contribution >= 0.6 is 0 Å². The van der Waals surface area contributed by atoms with Crippen molar-refractivity contribution in [2.75, 3.05) is 40.5 Å². The molecule has 8 heteroatoms. The number of benzene rings is 2. The molecule has 36 heavy (non-hydrogen) atoms. The Morgan fingerprint density at radius 3 is 2.39 bits per heavy atom. The molecule has 8 nitrogen and oxygen atoms in total. The standard InChI is InChI=1S/C28H35N3O5/c1-5-36-28(33)21-12-14-30(15-13-21)18-27(32)31-25(23-11-10-22(34-3)16-26(23)35-4)17-24(29-31)20-8-6-19(2)7-9-20/h6-11,16,21,25H,5,12-15,17-18H2,1-4H3/t25-/m0/s1. The van der Waals surface area contributed by atoms with Crippen LogP contribution in [0, 0.1) is 12.8 Å². The summed E-state index contributed by atoms with van der Waals surface area (Å²) in [6.45, 7) is 5.86. The maximum absolute atomic E-state index is 13.6. The molecule has 192 valence electrons. The number of methoxy groups -OCH3 is 2. The molecule has 2 heterocycles. The van der Waals surface area contributed by atoms with Crippen LogP contribution in [0.4, 0.5) is 0 Å². The first-order valence-corrected chi connectivity index (χ1v) is 12.5. The molecule has 0 saturated carbocycles. The average Bonchev–Trinajstić information content (AvgIpc) is 3.34. The molecule has 0 aromatic heterocycles. The third-order valence-electron chi connectivity index (χ3n) is 6.92. The van der Waals surface area contributed by atoms with Gasteiger partial charge in [-0.25, -0.2) is 5.01 Å². The average molecular weight is 494 g/mol. The van der Waals surface area contributed by atoms with Gasteiger partial charge in [0, 0.05) is 18.1 Å². The zero-order valence-electron chi connectivity index (χ0n) is 21.5. The molecule has 0 N–H and O–H groups in total. The zero-order chi connectivity index (χ0) is 25.7. The molecule has 2 aromatic carbocycles. The van der Waals surface area contributed by atoms with Crippen molar-refractivity contribution in [2.24, 2.45) is 11.0 Å². The zero-order valence-corrected chi connectivity index (χ0v) is 21.5. The fraction of sp³-hybridized carbons (Fsp3) is 0.464. The van der Waals surface area contributed by atoms with Gasteiger partial charge in [0.2, 0.25) is 0 Å². The van der Waals surface area contributed by atoms with Crippen LogP contribution in [0.5, 0.6) is 11.5 Å². The number of likely N-dealkylation sites (tertiary alicyclic amines) is 1. The van der Waals surface area contributed by atoms with Gasteiger partial charge in [0.15, 0.2) is 0 Å². The van der Waals surface area contributed by atoms with E-state index in [4.69, 9.17) is 19.3 Å². The first-order chi connectivity index (χ1) is 17.4. The van der Waals surface area contributed by atoms with Crippen LogP contribution in [-0.2, 0) is 14.3 Å². The summed E-state index contributed by atoms with van der Waals surface area (Å²) >= 11 is 0. The molecule has 0 radical (unpaired) electrons. The molecule has 1 saturated heterocycles. The molecule has 1 fully saturated rings. The van der Waals surface area contributed by atoms with Crippen LogP contribution in [0.25, 0.3) is 0 Å². The van der Waals surface area contributed by atoms with Gasteiger partial charge >= 0.3 is 5.97 Å². The van der Waals surface area contributed by atoms with E-state index in [9.17, 15) is 9.59 Å². The number of hydrogen-bond donors (Lipinski definition) is 0. The molecule has 2 aliphatic rings. The summed E-state index contributed by atoms with van der Waals surface area (Å²) in [6.07, 6.45) is 1.97. The summed E-state index contributed by atoms with van der Waals surface area (Å²) in [7, 11) is 3.23. The number of ether oxygens (including phenoxy) is 3. The van der Waals surface area contributed by atoms with Gasteiger partial charge in [-0.15, -0.1) is 0 Å². The number of rotatable bonds is 8. The third-order valence-corrected chi connectivity index (χ3v) is 6.92. The quantitative estimate of drug-likeness (QED) is 0.518. The maximum Gasteiger partial charge on any atom is 0.309 e.